The van der Waals surface area contributed by atoms with E-state index in [9.17, 15) is 8.42 Å². The Morgan fingerprint density at radius 1 is 1.48 bits per heavy atom. The molecule has 0 radical (unpaired) electrons. The fraction of sp³-hybridized carbons (Fsp3) is 0.714. The van der Waals surface area contributed by atoms with Crippen LogP contribution in [-0.4, -0.2) is 45.1 Å². The number of thiophene rings is 1. The average molecular weight is 332 g/mol. The maximum absolute atomic E-state index is 12.4. The molecule has 7 heteroatoms. The molecule has 1 fully saturated rings. The van der Waals surface area contributed by atoms with Gasteiger partial charge in [-0.3, -0.25) is 0 Å². The number of nitrogens with one attached hydrogen (secondary N) is 1. The number of likely N-dealkylation sites (N-methyl/N-ethyl adjacent to an activating group) is 1. The molecule has 21 heavy (non-hydrogen) atoms. The van der Waals surface area contributed by atoms with Gasteiger partial charge < -0.3 is 10.1 Å². The number of hydrogen-bond donors (Lipinski definition) is 1. The quantitative estimate of drug-likeness (QED) is 0.752. The molecular formula is C14H24N2O3S2. The van der Waals surface area contributed by atoms with Crippen molar-refractivity contribution >= 4 is 21.4 Å². The number of nitrogens with zero attached hydrogens (tertiary/aromatic N) is 1. The molecule has 0 atom stereocenters. The molecule has 0 unspecified atom stereocenters. The first kappa shape index (κ1) is 16.9. The molecule has 1 saturated carbocycles. The molecule has 0 spiro atoms. The summed E-state index contributed by atoms with van der Waals surface area (Å²) in [5, 5.41) is 5.12. The summed E-state index contributed by atoms with van der Waals surface area (Å²) in [6.45, 7) is 5.41. The highest BCUT2D eigenvalue weighted by Crippen LogP contribution is 2.24. The average Bonchev–Trinajstić information content (AvgIpc) is 3.12. The maximum Gasteiger partial charge on any atom is 0.243 e. The summed E-state index contributed by atoms with van der Waals surface area (Å²) in [6, 6.07) is 2.40. The van der Waals surface area contributed by atoms with Crippen molar-refractivity contribution in [2.45, 2.75) is 50.3 Å². The van der Waals surface area contributed by atoms with E-state index in [1.807, 2.05) is 13.8 Å². The summed E-state index contributed by atoms with van der Waals surface area (Å²) in [6.07, 6.45) is 2.58. The van der Waals surface area contributed by atoms with E-state index in [-0.39, 0.29) is 6.10 Å². The minimum absolute atomic E-state index is 0.113. The Balaban J connectivity index is 1.90. The molecule has 2 rings (SSSR count). The van der Waals surface area contributed by atoms with Crippen LogP contribution >= 0.6 is 11.3 Å². The van der Waals surface area contributed by atoms with Crippen molar-refractivity contribution in [3.8, 4) is 0 Å². The number of rotatable bonds is 9. The predicted molar refractivity (Wildman–Crippen MR) is 85.1 cm³/mol. The molecule has 120 valence electrons. The highest BCUT2D eigenvalue weighted by Gasteiger charge is 2.23. The topological polar surface area (TPSA) is 58.6 Å². The van der Waals surface area contributed by atoms with Crippen LogP contribution in [0.4, 0.5) is 0 Å². The standard InChI is InChI=1S/C14H24N2O3S2/c1-11(2)19-7-6-16(3)21(17,18)14-8-13(20-10-14)9-15-12-4-5-12/h8,10-12,15H,4-7,9H2,1-3H3. The second kappa shape index (κ2) is 7.19. The third kappa shape index (κ3) is 5.03. The third-order valence-electron chi connectivity index (χ3n) is 3.34. The van der Waals surface area contributed by atoms with Crippen LogP contribution in [0, 0.1) is 0 Å². The Bertz CT molecular complexity index is 550. The fourth-order valence-corrected chi connectivity index (χ4v) is 4.21. The number of ether oxygens (including phenoxy) is 1. The fourth-order valence-electron chi connectivity index (χ4n) is 1.84. The van der Waals surface area contributed by atoms with E-state index in [0.717, 1.165) is 11.4 Å². The third-order valence-corrected chi connectivity index (χ3v) is 6.26. The second-order valence-electron chi connectivity index (χ2n) is 5.65. The van der Waals surface area contributed by atoms with Gasteiger partial charge in [-0.2, -0.15) is 4.31 Å². The Kier molecular flexibility index (Phi) is 5.79. The van der Waals surface area contributed by atoms with Gasteiger partial charge in [0.25, 0.3) is 0 Å². The molecule has 0 aromatic carbocycles. The van der Waals surface area contributed by atoms with E-state index in [1.165, 1.54) is 28.5 Å². The Morgan fingerprint density at radius 3 is 2.81 bits per heavy atom. The Morgan fingerprint density at radius 2 is 2.19 bits per heavy atom. The summed E-state index contributed by atoms with van der Waals surface area (Å²) in [4.78, 5) is 1.44. The molecule has 1 aliphatic rings. The zero-order chi connectivity index (χ0) is 15.5. The van der Waals surface area contributed by atoms with E-state index >= 15 is 0 Å². The van der Waals surface area contributed by atoms with Crippen molar-refractivity contribution in [3.05, 3.63) is 16.3 Å². The lowest BCUT2D eigenvalue weighted by atomic mass is 10.4. The van der Waals surface area contributed by atoms with Crippen LogP contribution in [-0.2, 0) is 21.3 Å². The molecule has 1 heterocycles. The van der Waals surface area contributed by atoms with E-state index in [2.05, 4.69) is 5.32 Å². The first-order chi connectivity index (χ1) is 9.89. The molecule has 1 aliphatic carbocycles. The van der Waals surface area contributed by atoms with E-state index < -0.39 is 10.0 Å². The zero-order valence-corrected chi connectivity index (χ0v) is 14.5. The number of hydrogen-bond acceptors (Lipinski definition) is 5. The minimum Gasteiger partial charge on any atom is -0.377 e. The second-order valence-corrected chi connectivity index (χ2v) is 8.69. The van der Waals surface area contributed by atoms with Crippen LogP contribution in [0.5, 0.6) is 0 Å². The molecule has 0 aliphatic heterocycles. The molecule has 0 bridgehead atoms. The van der Waals surface area contributed by atoms with Crippen molar-refractivity contribution in [1.29, 1.82) is 0 Å². The maximum atomic E-state index is 12.4. The van der Waals surface area contributed by atoms with Crippen molar-refractivity contribution < 1.29 is 13.2 Å². The van der Waals surface area contributed by atoms with Crippen LogP contribution in [0.2, 0.25) is 0 Å². The first-order valence-corrected chi connectivity index (χ1v) is 9.60. The van der Waals surface area contributed by atoms with Gasteiger partial charge in [0.15, 0.2) is 0 Å². The molecule has 0 amide bonds. The highest BCUT2D eigenvalue weighted by molar-refractivity contribution is 7.89. The van der Waals surface area contributed by atoms with Crippen LogP contribution < -0.4 is 5.32 Å². The van der Waals surface area contributed by atoms with Gasteiger partial charge in [0.2, 0.25) is 10.0 Å². The minimum atomic E-state index is -3.40. The van der Waals surface area contributed by atoms with Crippen LogP contribution in [0.3, 0.4) is 0 Å². The lowest BCUT2D eigenvalue weighted by Gasteiger charge is -2.17. The van der Waals surface area contributed by atoms with Gasteiger partial charge in [0.1, 0.15) is 0 Å². The van der Waals surface area contributed by atoms with E-state index in [1.54, 1.807) is 18.5 Å². The molecule has 1 aromatic rings. The largest absolute Gasteiger partial charge is 0.377 e. The van der Waals surface area contributed by atoms with Crippen molar-refractivity contribution in [3.63, 3.8) is 0 Å². The smallest absolute Gasteiger partial charge is 0.243 e. The molecule has 1 aromatic heterocycles. The highest BCUT2D eigenvalue weighted by atomic mass is 32.2. The predicted octanol–water partition coefficient (Wildman–Crippen LogP) is 2.05. The van der Waals surface area contributed by atoms with Crippen LogP contribution in [0.1, 0.15) is 31.6 Å². The summed E-state index contributed by atoms with van der Waals surface area (Å²) in [5.74, 6) is 0. The summed E-state index contributed by atoms with van der Waals surface area (Å²) >= 11 is 1.49. The van der Waals surface area contributed by atoms with Crippen molar-refractivity contribution in [2.75, 3.05) is 20.2 Å². The van der Waals surface area contributed by atoms with Gasteiger partial charge in [-0.1, -0.05) is 0 Å². The van der Waals surface area contributed by atoms with Crippen LogP contribution in [0.15, 0.2) is 16.3 Å². The van der Waals surface area contributed by atoms with Gasteiger partial charge in [-0.05, 0) is 32.8 Å². The van der Waals surface area contributed by atoms with Gasteiger partial charge >= 0.3 is 0 Å². The Hall–Kier alpha value is -0.470. The van der Waals surface area contributed by atoms with Gasteiger partial charge in [0, 0.05) is 36.4 Å². The molecule has 0 saturated heterocycles. The number of sulfonamides is 1. The van der Waals surface area contributed by atoms with Crippen molar-refractivity contribution in [2.24, 2.45) is 0 Å². The molecule has 5 nitrogen and oxygen atoms in total. The summed E-state index contributed by atoms with van der Waals surface area (Å²) in [5.41, 5.74) is 0. The summed E-state index contributed by atoms with van der Waals surface area (Å²) < 4.78 is 31.6. The summed E-state index contributed by atoms with van der Waals surface area (Å²) in [7, 11) is -1.81. The normalized spacial score (nSPS) is 16.0. The zero-order valence-electron chi connectivity index (χ0n) is 12.8. The monoisotopic (exact) mass is 332 g/mol. The SMILES string of the molecule is CC(C)OCCN(C)S(=O)(=O)c1csc(CNC2CC2)c1. The van der Waals surface area contributed by atoms with Crippen LogP contribution in [0.25, 0.3) is 0 Å². The first-order valence-electron chi connectivity index (χ1n) is 7.28. The van der Waals surface area contributed by atoms with Crippen molar-refractivity contribution in [1.82, 2.24) is 9.62 Å². The van der Waals surface area contributed by atoms with E-state index in [0.29, 0.717) is 24.1 Å². The van der Waals surface area contributed by atoms with Gasteiger partial charge in [-0.25, -0.2) is 8.42 Å². The van der Waals surface area contributed by atoms with Gasteiger partial charge in [0.05, 0.1) is 17.6 Å². The van der Waals surface area contributed by atoms with E-state index in [4.69, 9.17) is 4.74 Å². The lowest BCUT2D eigenvalue weighted by molar-refractivity contribution is 0.0737. The molecular weight excluding hydrogens is 308 g/mol. The van der Waals surface area contributed by atoms with Gasteiger partial charge in [-0.15, -0.1) is 11.3 Å². The lowest BCUT2D eigenvalue weighted by Crippen LogP contribution is -2.30. The Labute approximate surface area is 131 Å². The molecule has 1 N–H and O–H groups in total.